The van der Waals surface area contributed by atoms with E-state index >= 15 is 0 Å². The van der Waals surface area contributed by atoms with E-state index < -0.39 is 0 Å². The van der Waals surface area contributed by atoms with Crippen LogP contribution in [0, 0.1) is 0 Å². The fourth-order valence-corrected chi connectivity index (χ4v) is 3.73. The highest BCUT2D eigenvalue weighted by atomic mass is 15.3. The Hall–Kier alpha value is -0.0800. The van der Waals surface area contributed by atoms with Crippen molar-refractivity contribution in [3.63, 3.8) is 0 Å². The molecule has 1 saturated heterocycles. The maximum absolute atomic E-state index is 3.71. The van der Waals surface area contributed by atoms with Crippen LogP contribution in [0.25, 0.3) is 0 Å². The van der Waals surface area contributed by atoms with Crippen LogP contribution >= 0.6 is 0 Å². The third-order valence-electron chi connectivity index (χ3n) is 4.56. The summed E-state index contributed by atoms with van der Waals surface area (Å²) >= 11 is 0. The van der Waals surface area contributed by atoms with Gasteiger partial charge < -0.3 is 5.32 Å². The first-order chi connectivity index (χ1) is 7.65. The summed E-state index contributed by atoms with van der Waals surface area (Å²) in [7, 11) is 0. The van der Waals surface area contributed by atoms with Crippen molar-refractivity contribution in [1.29, 1.82) is 0 Å². The second-order valence-electron chi connectivity index (χ2n) is 6.13. The van der Waals surface area contributed by atoms with Gasteiger partial charge in [-0.25, -0.2) is 0 Å². The molecule has 0 bridgehead atoms. The molecule has 2 rings (SSSR count). The van der Waals surface area contributed by atoms with Gasteiger partial charge in [-0.15, -0.1) is 0 Å². The van der Waals surface area contributed by atoms with E-state index in [9.17, 15) is 0 Å². The highest BCUT2D eigenvalue weighted by Gasteiger charge is 2.40. The van der Waals surface area contributed by atoms with Gasteiger partial charge in [0.05, 0.1) is 0 Å². The Morgan fingerprint density at radius 3 is 2.56 bits per heavy atom. The Morgan fingerprint density at radius 1 is 1.19 bits per heavy atom. The first-order valence-electron chi connectivity index (χ1n) is 7.15. The van der Waals surface area contributed by atoms with Gasteiger partial charge in [-0.3, -0.25) is 4.90 Å². The van der Waals surface area contributed by atoms with Gasteiger partial charge in [0.15, 0.2) is 0 Å². The molecule has 1 aliphatic carbocycles. The van der Waals surface area contributed by atoms with E-state index in [0.29, 0.717) is 5.54 Å². The minimum atomic E-state index is 0.440. The van der Waals surface area contributed by atoms with Crippen molar-refractivity contribution < 1.29 is 0 Å². The summed E-state index contributed by atoms with van der Waals surface area (Å²) in [5.74, 6) is 0. The molecule has 2 unspecified atom stereocenters. The van der Waals surface area contributed by atoms with Crippen LogP contribution in [0.4, 0.5) is 0 Å². The van der Waals surface area contributed by atoms with E-state index in [-0.39, 0.29) is 0 Å². The van der Waals surface area contributed by atoms with Crippen molar-refractivity contribution in [1.82, 2.24) is 10.2 Å². The minimum absolute atomic E-state index is 0.440. The lowest BCUT2D eigenvalue weighted by molar-refractivity contribution is 0.0665. The molecule has 1 saturated carbocycles. The van der Waals surface area contributed by atoms with E-state index in [1.54, 1.807) is 0 Å². The molecule has 94 valence electrons. The topological polar surface area (TPSA) is 15.3 Å². The van der Waals surface area contributed by atoms with Gasteiger partial charge in [-0.2, -0.15) is 0 Å². The average molecular weight is 224 g/mol. The second kappa shape index (κ2) is 5.05. The summed E-state index contributed by atoms with van der Waals surface area (Å²) in [5.41, 5.74) is 0.440. The van der Waals surface area contributed by atoms with Gasteiger partial charge in [0.25, 0.3) is 0 Å². The summed E-state index contributed by atoms with van der Waals surface area (Å²) in [6.07, 6.45) is 8.40. The number of hydrogen-bond donors (Lipinski definition) is 1. The smallest absolute Gasteiger partial charge is 0.0254 e. The SMILES string of the molecule is CCNC1CCCCC1N1CCCC1(C)C. The van der Waals surface area contributed by atoms with Crippen LogP contribution in [0.5, 0.6) is 0 Å². The standard InChI is InChI=1S/C14H28N2/c1-4-15-12-8-5-6-9-13(12)16-11-7-10-14(16,2)3/h12-13,15H,4-11H2,1-3H3. The van der Waals surface area contributed by atoms with Crippen LogP contribution in [0.15, 0.2) is 0 Å². The van der Waals surface area contributed by atoms with E-state index in [0.717, 1.165) is 18.6 Å². The molecule has 0 aromatic heterocycles. The van der Waals surface area contributed by atoms with E-state index in [4.69, 9.17) is 0 Å². The molecule has 0 radical (unpaired) electrons. The third-order valence-corrected chi connectivity index (χ3v) is 4.56. The van der Waals surface area contributed by atoms with Crippen LogP contribution < -0.4 is 5.32 Å². The molecule has 0 aromatic rings. The normalized spacial score (nSPS) is 35.4. The molecule has 1 N–H and O–H groups in total. The maximum Gasteiger partial charge on any atom is 0.0254 e. The number of nitrogens with one attached hydrogen (secondary N) is 1. The predicted molar refractivity (Wildman–Crippen MR) is 69.7 cm³/mol. The van der Waals surface area contributed by atoms with E-state index in [2.05, 4.69) is 31.0 Å². The quantitative estimate of drug-likeness (QED) is 0.793. The molecule has 1 heterocycles. The van der Waals surface area contributed by atoms with Gasteiger partial charge in [-0.05, 0) is 52.6 Å². The van der Waals surface area contributed by atoms with Crippen molar-refractivity contribution in [2.24, 2.45) is 0 Å². The summed E-state index contributed by atoms with van der Waals surface area (Å²) in [6, 6.07) is 1.54. The Bertz CT molecular complexity index is 223. The zero-order chi connectivity index (χ0) is 11.6. The molecule has 2 atom stereocenters. The van der Waals surface area contributed by atoms with Crippen LogP contribution in [0.1, 0.15) is 59.3 Å². The molecular formula is C14H28N2. The molecule has 1 aliphatic heterocycles. The molecule has 2 fully saturated rings. The highest BCUT2D eigenvalue weighted by molar-refractivity contribution is 4.97. The van der Waals surface area contributed by atoms with Crippen LogP contribution in [0.2, 0.25) is 0 Å². The van der Waals surface area contributed by atoms with E-state index in [1.807, 2.05) is 0 Å². The molecule has 2 heteroatoms. The Morgan fingerprint density at radius 2 is 1.94 bits per heavy atom. The Balaban J connectivity index is 2.04. The number of likely N-dealkylation sites (tertiary alicyclic amines) is 1. The molecule has 2 nitrogen and oxygen atoms in total. The zero-order valence-corrected chi connectivity index (χ0v) is 11.3. The zero-order valence-electron chi connectivity index (χ0n) is 11.3. The van der Waals surface area contributed by atoms with Crippen molar-refractivity contribution in [2.45, 2.75) is 76.9 Å². The van der Waals surface area contributed by atoms with Crippen molar-refractivity contribution in [2.75, 3.05) is 13.1 Å². The molecule has 0 spiro atoms. The number of nitrogens with zero attached hydrogens (tertiary/aromatic N) is 1. The van der Waals surface area contributed by atoms with Gasteiger partial charge in [0.1, 0.15) is 0 Å². The monoisotopic (exact) mass is 224 g/mol. The third kappa shape index (κ3) is 2.43. The number of hydrogen-bond acceptors (Lipinski definition) is 2. The lowest BCUT2D eigenvalue weighted by Gasteiger charge is -2.44. The van der Waals surface area contributed by atoms with Crippen LogP contribution in [0.3, 0.4) is 0 Å². The Labute approximate surface area is 101 Å². The van der Waals surface area contributed by atoms with Gasteiger partial charge >= 0.3 is 0 Å². The predicted octanol–water partition coefficient (Wildman–Crippen LogP) is 2.78. The molecular weight excluding hydrogens is 196 g/mol. The summed E-state index contributed by atoms with van der Waals surface area (Å²) in [5, 5.41) is 3.71. The lowest BCUT2D eigenvalue weighted by Crippen LogP contribution is -2.56. The summed E-state index contributed by atoms with van der Waals surface area (Å²) in [6.45, 7) is 9.53. The summed E-state index contributed by atoms with van der Waals surface area (Å²) < 4.78 is 0. The number of likely N-dealkylation sites (N-methyl/N-ethyl adjacent to an activating group) is 1. The van der Waals surface area contributed by atoms with Crippen LogP contribution in [-0.2, 0) is 0 Å². The first-order valence-corrected chi connectivity index (χ1v) is 7.15. The largest absolute Gasteiger partial charge is 0.313 e. The van der Waals surface area contributed by atoms with Gasteiger partial charge in [0, 0.05) is 17.6 Å². The maximum atomic E-state index is 3.71. The average Bonchev–Trinajstić information content (AvgIpc) is 2.59. The minimum Gasteiger partial charge on any atom is -0.313 e. The number of rotatable bonds is 3. The van der Waals surface area contributed by atoms with Crippen LogP contribution in [-0.4, -0.2) is 35.6 Å². The fourth-order valence-electron chi connectivity index (χ4n) is 3.73. The van der Waals surface area contributed by atoms with Gasteiger partial charge in [-0.1, -0.05) is 19.8 Å². The molecule has 0 amide bonds. The van der Waals surface area contributed by atoms with E-state index in [1.165, 1.54) is 45.1 Å². The summed E-state index contributed by atoms with van der Waals surface area (Å²) in [4.78, 5) is 2.79. The van der Waals surface area contributed by atoms with Gasteiger partial charge in [0.2, 0.25) is 0 Å². The molecule has 16 heavy (non-hydrogen) atoms. The lowest BCUT2D eigenvalue weighted by atomic mass is 9.87. The second-order valence-corrected chi connectivity index (χ2v) is 6.13. The Kier molecular flexibility index (Phi) is 3.91. The van der Waals surface area contributed by atoms with Crippen molar-refractivity contribution in [3.8, 4) is 0 Å². The molecule has 2 aliphatic rings. The fraction of sp³-hybridized carbons (Fsp3) is 1.00. The highest BCUT2D eigenvalue weighted by Crippen LogP contribution is 2.35. The van der Waals surface area contributed by atoms with Crippen molar-refractivity contribution >= 4 is 0 Å². The molecule has 0 aromatic carbocycles. The first kappa shape index (κ1) is 12.4. The van der Waals surface area contributed by atoms with Crippen molar-refractivity contribution in [3.05, 3.63) is 0 Å².